The van der Waals surface area contributed by atoms with Gasteiger partial charge in [-0.3, -0.25) is 9.10 Å². The van der Waals surface area contributed by atoms with Gasteiger partial charge >= 0.3 is 0 Å². The quantitative estimate of drug-likeness (QED) is 0.426. The molecule has 0 saturated carbocycles. The van der Waals surface area contributed by atoms with Gasteiger partial charge in [0, 0.05) is 6.07 Å². The molecule has 0 heterocycles. The highest BCUT2D eigenvalue weighted by atomic mass is 32.2. The van der Waals surface area contributed by atoms with E-state index in [9.17, 15) is 13.2 Å². The molecule has 8 nitrogen and oxygen atoms in total. The first-order chi connectivity index (χ1) is 16.8. The molecule has 0 saturated heterocycles. The van der Waals surface area contributed by atoms with Crippen LogP contribution >= 0.6 is 0 Å². The maximum absolute atomic E-state index is 13.6. The molecule has 0 fully saturated rings. The van der Waals surface area contributed by atoms with Gasteiger partial charge in [0.15, 0.2) is 0 Å². The lowest BCUT2D eigenvalue weighted by Gasteiger charge is -2.26. The molecule has 0 radical (unpaired) electrons. The summed E-state index contributed by atoms with van der Waals surface area (Å²) in [5.41, 5.74) is 1.05. The zero-order chi connectivity index (χ0) is 25.4. The van der Waals surface area contributed by atoms with E-state index in [2.05, 4.69) is 5.32 Å². The van der Waals surface area contributed by atoms with Crippen LogP contribution in [0.2, 0.25) is 0 Å². The van der Waals surface area contributed by atoms with Crippen molar-refractivity contribution in [2.24, 2.45) is 0 Å². The first kappa shape index (κ1) is 25.9. The van der Waals surface area contributed by atoms with Gasteiger partial charge in [0.1, 0.15) is 23.8 Å². The molecule has 9 heteroatoms. The van der Waals surface area contributed by atoms with E-state index in [1.165, 1.54) is 32.4 Å². The number of ether oxygens (including phenoxy) is 3. The summed E-state index contributed by atoms with van der Waals surface area (Å²) in [6.45, 7) is 3.84. The largest absolute Gasteiger partial charge is 0.497 e. The summed E-state index contributed by atoms with van der Waals surface area (Å²) in [6.07, 6.45) is 0. The molecule has 3 aromatic rings. The van der Waals surface area contributed by atoms with Gasteiger partial charge in [0.2, 0.25) is 5.91 Å². The Hall–Kier alpha value is -3.72. The summed E-state index contributed by atoms with van der Waals surface area (Å²) in [7, 11) is -1.18. The van der Waals surface area contributed by atoms with Crippen LogP contribution in [0.15, 0.2) is 77.7 Å². The first-order valence-electron chi connectivity index (χ1n) is 11.1. The average molecular weight is 499 g/mol. The Balaban J connectivity index is 1.92. The van der Waals surface area contributed by atoms with Crippen LogP contribution in [0, 0.1) is 0 Å². The molecule has 1 N–H and O–H groups in total. The number of hydrogen-bond acceptors (Lipinski definition) is 6. The summed E-state index contributed by atoms with van der Waals surface area (Å²) >= 11 is 0. The molecule has 0 spiro atoms. The van der Waals surface area contributed by atoms with E-state index < -0.39 is 22.5 Å². The number of rotatable bonds is 11. The van der Waals surface area contributed by atoms with E-state index in [1.807, 2.05) is 38.1 Å². The van der Waals surface area contributed by atoms with Crippen molar-refractivity contribution in [3.05, 3.63) is 78.4 Å². The predicted molar refractivity (Wildman–Crippen MR) is 135 cm³/mol. The summed E-state index contributed by atoms with van der Waals surface area (Å²) in [6, 6.07) is 19.7. The number of carbonyl (C=O) groups excluding carboxylic acids is 1. The molecule has 186 valence electrons. The van der Waals surface area contributed by atoms with Gasteiger partial charge in [0.25, 0.3) is 10.0 Å². The van der Waals surface area contributed by atoms with E-state index in [0.29, 0.717) is 12.4 Å². The Morgan fingerprint density at radius 2 is 1.60 bits per heavy atom. The van der Waals surface area contributed by atoms with Gasteiger partial charge < -0.3 is 19.5 Å². The van der Waals surface area contributed by atoms with Crippen molar-refractivity contribution in [1.82, 2.24) is 5.32 Å². The lowest BCUT2D eigenvalue weighted by molar-refractivity contribution is -0.120. The van der Waals surface area contributed by atoms with Crippen LogP contribution in [0.4, 0.5) is 5.69 Å². The van der Waals surface area contributed by atoms with Crippen molar-refractivity contribution in [2.45, 2.75) is 24.8 Å². The highest BCUT2D eigenvalue weighted by Crippen LogP contribution is 2.35. The summed E-state index contributed by atoms with van der Waals surface area (Å²) in [4.78, 5) is 13.2. The topological polar surface area (TPSA) is 94.2 Å². The second-order valence-corrected chi connectivity index (χ2v) is 9.52. The van der Waals surface area contributed by atoms with E-state index >= 15 is 0 Å². The van der Waals surface area contributed by atoms with Crippen molar-refractivity contribution in [3.63, 3.8) is 0 Å². The second kappa shape index (κ2) is 11.6. The molecular weight excluding hydrogens is 468 g/mol. The van der Waals surface area contributed by atoms with Crippen molar-refractivity contribution in [2.75, 3.05) is 31.7 Å². The summed E-state index contributed by atoms with van der Waals surface area (Å²) in [5, 5.41) is 2.88. The van der Waals surface area contributed by atoms with Gasteiger partial charge in [0.05, 0.1) is 37.5 Å². The van der Waals surface area contributed by atoms with Crippen LogP contribution in [0.25, 0.3) is 0 Å². The van der Waals surface area contributed by atoms with Crippen LogP contribution < -0.4 is 23.8 Å². The standard InChI is InChI=1S/C26H30N2O6S/c1-5-34-21-13-11-20(12-14-21)19(2)27-26(29)18-28(35(30,31)23-9-7-6-8-10-23)24-17-22(32-3)15-16-25(24)33-4/h6-17,19H,5,18H2,1-4H3,(H,27,29). The maximum Gasteiger partial charge on any atom is 0.264 e. The molecule has 0 aliphatic rings. The molecule has 35 heavy (non-hydrogen) atoms. The SMILES string of the molecule is CCOc1ccc(C(C)NC(=O)CN(c2cc(OC)ccc2OC)S(=O)(=O)c2ccccc2)cc1. The van der Waals surface area contributed by atoms with Crippen LogP contribution in [0.3, 0.4) is 0 Å². The fourth-order valence-corrected chi connectivity index (χ4v) is 4.98. The molecule has 0 aromatic heterocycles. The van der Waals surface area contributed by atoms with E-state index in [0.717, 1.165) is 15.6 Å². The number of methoxy groups -OCH3 is 2. The first-order valence-corrected chi connectivity index (χ1v) is 12.6. The third kappa shape index (κ3) is 6.24. The molecule has 0 bridgehead atoms. The van der Waals surface area contributed by atoms with Gasteiger partial charge in [-0.05, 0) is 55.8 Å². The van der Waals surface area contributed by atoms with Crippen molar-refractivity contribution < 1.29 is 27.4 Å². The predicted octanol–water partition coefficient (Wildman–Crippen LogP) is 4.18. The minimum atomic E-state index is -4.10. The maximum atomic E-state index is 13.6. The monoisotopic (exact) mass is 498 g/mol. The van der Waals surface area contributed by atoms with Crippen LogP contribution in [0.5, 0.6) is 17.2 Å². The van der Waals surface area contributed by atoms with Crippen molar-refractivity contribution in [1.29, 1.82) is 0 Å². The van der Waals surface area contributed by atoms with E-state index in [-0.39, 0.29) is 22.4 Å². The second-order valence-electron chi connectivity index (χ2n) is 7.65. The lowest BCUT2D eigenvalue weighted by Crippen LogP contribution is -2.41. The highest BCUT2D eigenvalue weighted by molar-refractivity contribution is 7.92. The Labute approximate surface area is 206 Å². The molecule has 3 rings (SSSR count). The molecule has 1 amide bonds. The van der Waals surface area contributed by atoms with Crippen molar-refractivity contribution >= 4 is 21.6 Å². The lowest BCUT2D eigenvalue weighted by atomic mass is 10.1. The highest BCUT2D eigenvalue weighted by Gasteiger charge is 2.30. The fourth-order valence-electron chi connectivity index (χ4n) is 3.53. The van der Waals surface area contributed by atoms with E-state index in [4.69, 9.17) is 14.2 Å². The zero-order valence-corrected chi connectivity index (χ0v) is 21.0. The normalized spacial score (nSPS) is 11.9. The van der Waals surface area contributed by atoms with Crippen LogP contribution in [0.1, 0.15) is 25.5 Å². The number of sulfonamides is 1. The number of nitrogens with one attached hydrogen (secondary N) is 1. The summed E-state index contributed by atoms with van der Waals surface area (Å²) in [5.74, 6) is 0.977. The smallest absolute Gasteiger partial charge is 0.264 e. The molecule has 0 aliphatic carbocycles. The molecule has 1 atom stereocenters. The van der Waals surface area contributed by atoms with Crippen molar-refractivity contribution in [3.8, 4) is 17.2 Å². The minimum absolute atomic E-state index is 0.0530. The zero-order valence-electron chi connectivity index (χ0n) is 20.2. The number of anilines is 1. The average Bonchev–Trinajstić information content (AvgIpc) is 2.88. The van der Waals surface area contributed by atoms with Gasteiger partial charge in [-0.1, -0.05) is 30.3 Å². The number of amides is 1. The third-order valence-corrected chi connectivity index (χ3v) is 7.12. The minimum Gasteiger partial charge on any atom is -0.497 e. The molecular formula is C26H30N2O6S. The third-order valence-electron chi connectivity index (χ3n) is 5.34. The number of nitrogens with zero attached hydrogens (tertiary/aromatic N) is 1. The van der Waals surface area contributed by atoms with Gasteiger partial charge in [-0.25, -0.2) is 8.42 Å². The Bertz CT molecular complexity index is 1230. The number of carbonyl (C=O) groups is 1. The van der Waals surface area contributed by atoms with Gasteiger partial charge in [-0.15, -0.1) is 0 Å². The number of benzene rings is 3. The molecule has 0 aliphatic heterocycles. The Morgan fingerprint density at radius 1 is 0.943 bits per heavy atom. The summed E-state index contributed by atoms with van der Waals surface area (Å²) < 4.78 is 44.4. The van der Waals surface area contributed by atoms with Crippen LogP contribution in [-0.4, -0.2) is 41.7 Å². The Kier molecular flexibility index (Phi) is 8.59. The van der Waals surface area contributed by atoms with Gasteiger partial charge in [-0.2, -0.15) is 0 Å². The molecule has 1 unspecified atom stereocenters. The van der Waals surface area contributed by atoms with E-state index in [1.54, 1.807) is 30.3 Å². The fraction of sp³-hybridized carbons (Fsp3) is 0.269. The molecule has 3 aromatic carbocycles. The van der Waals surface area contributed by atoms with Crippen LogP contribution in [-0.2, 0) is 14.8 Å². The number of hydrogen-bond donors (Lipinski definition) is 1. The Morgan fingerprint density at radius 3 is 2.20 bits per heavy atom.